The molecule has 0 aromatic carbocycles. The lowest BCUT2D eigenvalue weighted by Crippen LogP contribution is -2.47. The van der Waals surface area contributed by atoms with Gasteiger partial charge >= 0.3 is 0 Å². The predicted molar refractivity (Wildman–Crippen MR) is 80.0 cm³/mol. The highest BCUT2D eigenvalue weighted by Gasteiger charge is 2.21. The Bertz CT molecular complexity index is 439. The minimum Gasteiger partial charge on any atom is -0.351 e. The molecule has 2 rings (SSSR count). The van der Waals surface area contributed by atoms with Crippen molar-refractivity contribution >= 4 is 17.4 Å². The van der Waals surface area contributed by atoms with Crippen LogP contribution in [0.15, 0.2) is 0 Å². The first-order valence-corrected chi connectivity index (χ1v) is 7.33. The zero-order valence-electron chi connectivity index (χ0n) is 12.3. The maximum Gasteiger partial charge on any atom is 0.171 e. The second-order valence-corrected chi connectivity index (χ2v) is 6.05. The molecule has 1 aliphatic rings. The molecule has 0 saturated carbocycles. The molecule has 5 heteroatoms. The van der Waals surface area contributed by atoms with E-state index in [-0.39, 0.29) is 0 Å². The predicted octanol–water partition coefficient (Wildman–Crippen LogP) is 2.52. The first-order valence-electron chi connectivity index (χ1n) is 6.95. The molecule has 0 atom stereocenters. The van der Waals surface area contributed by atoms with Gasteiger partial charge in [0.1, 0.15) is 0 Å². The normalized spacial score (nSPS) is 17.3. The van der Waals surface area contributed by atoms with Gasteiger partial charge in [-0.3, -0.25) is 4.90 Å². The number of hydrogen-bond donors (Lipinski definition) is 0. The zero-order valence-corrected chi connectivity index (χ0v) is 13.0. The van der Waals surface area contributed by atoms with Crippen molar-refractivity contribution in [2.45, 2.75) is 27.7 Å². The number of aromatic nitrogens is 2. The number of rotatable bonds is 3. The van der Waals surface area contributed by atoms with Gasteiger partial charge in [0.05, 0.1) is 11.4 Å². The highest BCUT2D eigenvalue weighted by atomic mass is 35.5. The number of halogens is 1. The SMILES string of the molecule is Cc1nc(Cl)c(N2CCN(CC(C)C)CC2)nc1C. The molecule has 19 heavy (non-hydrogen) atoms. The summed E-state index contributed by atoms with van der Waals surface area (Å²) in [6.07, 6.45) is 0. The summed E-state index contributed by atoms with van der Waals surface area (Å²) in [5, 5.41) is 0.528. The summed E-state index contributed by atoms with van der Waals surface area (Å²) in [7, 11) is 0. The zero-order chi connectivity index (χ0) is 14.0. The van der Waals surface area contributed by atoms with Gasteiger partial charge < -0.3 is 4.90 Å². The molecule has 1 aliphatic heterocycles. The van der Waals surface area contributed by atoms with Crippen molar-refractivity contribution in [3.63, 3.8) is 0 Å². The Labute approximate surface area is 120 Å². The smallest absolute Gasteiger partial charge is 0.171 e. The van der Waals surface area contributed by atoms with Crippen LogP contribution in [-0.4, -0.2) is 47.6 Å². The van der Waals surface area contributed by atoms with E-state index in [9.17, 15) is 0 Å². The quantitative estimate of drug-likeness (QED) is 0.853. The topological polar surface area (TPSA) is 32.3 Å². The lowest BCUT2D eigenvalue weighted by Gasteiger charge is -2.36. The van der Waals surface area contributed by atoms with Gasteiger partial charge in [-0.25, -0.2) is 9.97 Å². The van der Waals surface area contributed by atoms with Crippen molar-refractivity contribution in [1.29, 1.82) is 0 Å². The van der Waals surface area contributed by atoms with Crippen LogP contribution in [0.3, 0.4) is 0 Å². The second-order valence-electron chi connectivity index (χ2n) is 5.69. The first kappa shape index (κ1) is 14.5. The molecule has 4 nitrogen and oxygen atoms in total. The molecule has 1 saturated heterocycles. The number of hydrogen-bond acceptors (Lipinski definition) is 4. The third-order valence-electron chi connectivity index (χ3n) is 3.54. The third-order valence-corrected chi connectivity index (χ3v) is 3.80. The van der Waals surface area contributed by atoms with Crippen LogP contribution in [0.1, 0.15) is 25.2 Å². The van der Waals surface area contributed by atoms with Crippen molar-refractivity contribution in [2.24, 2.45) is 5.92 Å². The maximum atomic E-state index is 6.23. The summed E-state index contributed by atoms with van der Waals surface area (Å²) >= 11 is 6.23. The van der Waals surface area contributed by atoms with Crippen molar-refractivity contribution in [3.05, 3.63) is 16.5 Å². The van der Waals surface area contributed by atoms with Crippen LogP contribution in [0, 0.1) is 19.8 Å². The lowest BCUT2D eigenvalue weighted by atomic mass is 10.2. The van der Waals surface area contributed by atoms with E-state index in [1.54, 1.807) is 0 Å². The lowest BCUT2D eigenvalue weighted by molar-refractivity contribution is 0.231. The summed E-state index contributed by atoms with van der Waals surface area (Å²) in [6, 6.07) is 0. The largest absolute Gasteiger partial charge is 0.351 e. The van der Waals surface area contributed by atoms with E-state index in [1.165, 1.54) is 6.54 Å². The molecule has 0 N–H and O–H groups in total. The van der Waals surface area contributed by atoms with Crippen molar-refractivity contribution in [1.82, 2.24) is 14.9 Å². The minimum atomic E-state index is 0.528. The third kappa shape index (κ3) is 3.57. The fraction of sp³-hybridized carbons (Fsp3) is 0.714. The Kier molecular flexibility index (Phi) is 4.63. The molecule has 0 amide bonds. The van der Waals surface area contributed by atoms with Crippen LogP contribution in [0.4, 0.5) is 5.82 Å². The summed E-state index contributed by atoms with van der Waals surface area (Å²) in [4.78, 5) is 13.7. The Balaban J connectivity index is 2.03. The molecule has 2 heterocycles. The van der Waals surface area contributed by atoms with E-state index in [1.807, 2.05) is 13.8 Å². The van der Waals surface area contributed by atoms with Gasteiger partial charge in [-0.05, 0) is 19.8 Å². The maximum absolute atomic E-state index is 6.23. The van der Waals surface area contributed by atoms with Crippen LogP contribution in [0.5, 0.6) is 0 Å². The van der Waals surface area contributed by atoms with Gasteiger partial charge in [-0.2, -0.15) is 0 Å². The molecule has 0 aliphatic carbocycles. The number of aryl methyl sites for hydroxylation is 2. The van der Waals surface area contributed by atoms with Crippen molar-refractivity contribution in [3.8, 4) is 0 Å². The van der Waals surface area contributed by atoms with E-state index < -0.39 is 0 Å². The minimum absolute atomic E-state index is 0.528. The van der Waals surface area contributed by atoms with E-state index in [0.717, 1.165) is 49.3 Å². The molecule has 0 bridgehead atoms. The molecule has 1 fully saturated rings. The average Bonchev–Trinajstić information content (AvgIpc) is 2.34. The number of nitrogens with zero attached hydrogens (tertiary/aromatic N) is 4. The molecular formula is C14H23ClN4. The molecule has 1 aromatic heterocycles. The van der Waals surface area contributed by atoms with E-state index in [4.69, 9.17) is 11.6 Å². The van der Waals surface area contributed by atoms with Gasteiger partial charge in [0, 0.05) is 32.7 Å². The second kappa shape index (κ2) is 6.06. The highest BCUT2D eigenvalue weighted by molar-refractivity contribution is 6.31. The van der Waals surface area contributed by atoms with Crippen LogP contribution >= 0.6 is 11.6 Å². The Hall–Kier alpha value is -0.870. The van der Waals surface area contributed by atoms with Gasteiger partial charge in [-0.15, -0.1) is 0 Å². The van der Waals surface area contributed by atoms with Crippen LogP contribution in [0.25, 0.3) is 0 Å². The molecule has 106 valence electrons. The fourth-order valence-corrected chi connectivity index (χ4v) is 2.71. The Morgan fingerprint density at radius 2 is 1.63 bits per heavy atom. The van der Waals surface area contributed by atoms with Crippen LogP contribution < -0.4 is 4.90 Å². The number of anilines is 1. The van der Waals surface area contributed by atoms with Crippen LogP contribution in [0.2, 0.25) is 5.15 Å². The monoisotopic (exact) mass is 282 g/mol. The highest BCUT2D eigenvalue weighted by Crippen LogP contribution is 2.23. The Morgan fingerprint density at radius 1 is 1.05 bits per heavy atom. The standard InChI is InChI=1S/C14H23ClN4/c1-10(2)9-18-5-7-19(8-6-18)14-13(15)16-11(3)12(4)17-14/h10H,5-9H2,1-4H3. The van der Waals surface area contributed by atoms with Gasteiger partial charge in [0.15, 0.2) is 11.0 Å². The van der Waals surface area contributed by atoms with E-state index in [0.29, 0.717) is 5.15 Å². The van der Waals surface area contributed by atoms with Crippen molar-refractivity contribution < 1.29 is 0 Å². The van der Waals surface area contributed by atoms with E-state index in [2.05, 4.69) is 33.6 Å². The van der Waals surface area contributed by atoms with Gasteiger partial charge in [0.25, 0.3) is 0 Å². The first-order chi connectivity index (χ1) is 8.97. The summed E-state index contributed by atoms with van der Waals surface area (Å²) in [5.74, 6) is 1.56. The molecule has 1 aromatic rings. The molecular weight excluding hydrogens is 260 g/mol. The van der Waals surface area contributed by atoms with E-state index >= 15 is 0 Å². The molecule has 0 spiro atoms. The summed E-state index contributed by atoms with van der Waals surface area (Å²) in [6.45, 7) is 13.7. The van der Waals surface area contributed by atoms with Gasteiger partial charge in [0.2, 0.25) is 0 Å². The number of piperazine rings is 1. The average molecular weight is 283 g/mol. The summed E-state index contributed by atoms with van der Waals surface area (Å²) in [5.41, 5.74) is 1.87. The molecule has 0 radical (unpaired) electrons. The van der Waals surface area contributed by atoms with Gasteiger partial charge in [-0.1, -0.05) is 25.4 Å². The Morgan fingerprint density at radius 3 is 2.21 bits per heavy atom. The van der Waals surface area contributed by atoms with Crippen molar-refractivity contribution in [2.75, 3.05) is 37.6 Å². The fourth-order valence-electron chi connectivity index (χ4n) is 2.42. The van der Waals surface area contributed by atoms with Crippen LogP contribution in [-0.2, 0) is 0 Å². The molecule has 0 unspecified atom stereocenters. The summed E-state index contributed by atoms with van der Waals surface area (Å²) < 4.78 is 0.